The van der Waals surface area contributed by atoms with E-state index >= 15 is 0 Å². The maximum Gasteiger partial charge on any atom is 0.331 e. The van der Waals surface area contributed by atoms with Crippen molar-refractivity contribution in [1.82, 2.24) is 0 Å². The van der Waals surface area contributed by atoms with Gasteiger partial charge in [0.25, 0.3) is 5.91 Å². The number of esters is 1. The Labute approximate surface area is 132 Å². The standard InChI is InChI=1S/C15H16N2O4S/c1-4-16-15-17(10-6-5-7-11(8-10)20-2)14(19)12(22-15)9-13(18)21-3/h5-9H,4H2,1-3H3. The Balaban J connectivity index is 2.43. The predicted octanol–water partition coefficient (Wildman–Crippen LogP) is 2.21. The highest BCUT2D eigenvalue weighted by Crippen LogP contribution is 2.35. The van der Waals surface area contributed by atoms with E-state index in [9.17, 15) is 9.59 Å². The van der Waals surface area contributed by atoms with Gasteiger partial charge in [0.1, 0.15) is 5.75 Å². The second kappa shape index (κ2) is 7.13. The van der Waals surface area contributed by atoms with Gasteiger partial charge >= 0.3 is 5.97 Å². The first-order valence-corrected chi connectivity index (χ1v) is 7.42. The lowest BCUT2D eigenvalue weighted by atomic mass is 10.2. The smallest absolute Gasteiger partial charge is 0.331 e. The maximum absolute atomic E-state index is 12.5. The third-order valence-corrected chi connectivity index (χ3v) is 3.87. The number of amidine groups is 1. The van der Waals surface area contributed by atoms with E-state index in [1.54, 1.807) is 31.4 Å². The van der Waals surface area contributed by atoms with Crippen molar-refractivity contribution in [3.63, 3.8) is 0 Å². The number of hydrogen-bond acceptors (Lipinski definition) is 6. The summed E-state index contributed by atoms with van der Waals surface area (Å²) in [4.78, 5) is 30.0. The van der Waals surface area contributed by atoms with Crippen LogP contribution in [0.1, 0.15) is 6.92 Å². The Morgan fingerprint density at radius 3 is 2.82 bits per heavy atom. The molecule has 0 aliphatic carbocycles. The van der Waals surface area contributed by atoms with Gasteiger partial charge in [-0.25, -0.2) is 4.79 Å². The largest absolute Gasteiger partial charge is 0.497 e. The van der Waals surface area contributed by atoms with Crippen LogP contribution in [0, 0.1) is 0 Å². The van der Waals surface area contributed by atoms with E-state index in [0.29, 0.717) is 23.1 Å². The van der Waals surface area contributed by atoms with E-state index in [2.05, 4.69) is 9.73 Å². The Bertz CT molecular complexity index is 655. The summed E-state index contributed by atoms with van der Waals surface area (Å²) >= 11 is 1.15. The molecule has 1 aromatic rings. The van der Waals surface area contributed by atoms with Crippen LogP contribution in [-0.2, 0) is 14.3 Å². The van der Waals surface area contributed by atoms with Gasteiger partial charge in [-0.2, -0.15) is 0 Å². The van der Waals surface area contributed by atoms with Gasteiger partial charge in [0.05, 0.1) is 24.8 Å². The zero-order valence-electron chi connectivity index (χ0n) is 12.5. The van der Waals surface area contributed by atoms with Crippen LogP contribution in [0.25, 0.3) is 0 Å². The van der Waals surface area contributed by atoms with Gasteiger partial charge < -0.3 is 9.47 Å². The number of amides is 1. The van der Waals surface area contributed by atoms with Crippen LogP contribution in [0.15, 0.2) is 40.2 Å². The second-order valence-corrected chi connectivity index (χ2v) is 5.24. The molecule has 0 aromatic heterocycles. The number of rotatable bonds is 4. The van der Waals surface area contributed by atoms with Gasteiger partial charge in [-0.15, -0.1) is 0 Å². The van der Waals surface area contributed by atoms with Crippen molar-refractivity contribution in [1.29, 1.82) is 0 Å². The Morgan fingerprint density at radius 2 is 2.18 bits per heavy atom. The monoisotopic (exact) mass is 320 g/mol. The number of benzene rings is 1. The van der Waals surface area contributed by atoms with Crippen molar-refractivity contribution in [2.75, 3.05) is 25.7 Å². The summed E-state index contributed by atoms with van der Waals surface area (Å²) in [6.45, 7) is 2.41. The van der Waals surface area contributed by atoms with Gasteiger partial charge in [-0.1, -0.05) is 6.07 Å². The van der Waals surface area contributed by atoms with Crippen LogP contribution in [0.5, 0.6) is 5.75 Å². The summed E-state index contributed by atoms with van der Waals surface area (Å²) in [5.74, 6) is -0.244. The summed E-state index contributed by atoms with van der Waals surface area (Å²) < 4.78 is 9.75. The van der Waals surface area contributed by atoms with Gasteiger partial charge in [0, 0.05) is 18.7 Å². The molecular weight excluding hydrogens is 304 g/mol. The highest BCUT2D eigenvalue weighted by atomic mass is 32.2. The Kier molecular flexibility index (Phi) is 5.21. The SMILES string of the molecule is CCN=C1SC(=CC(=O)OC)C(=O)N1c1cccc(OC)c1. The first-order valence-electron chi connectivity index (χ1n) is 6.61. The minimum atomic E-state index is -0.570. The molecule has 1 aliphatic heterocycles. The summed E-state index contributed by atoms with van der Waals surface area (Å²) in [6.07, 6.45) is 1.18. The molecule has 0 atom stereocenters. The molecule has 1 amide bonds. The third kappa shape index (κ3) is 3.30. The number of thioether (sulfide) groups is 1. The van der Waals surface area contributed by atoms with E-state index in [1.807, 2.05) is 6.92 Å². The van der Waals surface area contributed by atoms with Crippen LogP contribution >= 0.6 is 11.8 Å². The van der Waals surface area contributed by atoms with Crippen molar-refractivity contribution in [3.05, 3.63) is 35.2 Å². The number of hydrogen-bond donors (Lipinski definition) is 0. The fraction of sp³-hybridized carbons (Fsp3) is 0.267. The van der Waals surface area contributed by atoms with Crippen molar-refractivity contribution >= 4 is 34.5 Å². The number of methoxy groups -OCH3 is 2. The van der Waals surface area contributed by atoms with Crippen LogP contribution in [0.4, 0.5) is 5.69 Å². The van der Waals surface area contributed by atoms with Crippen molar-refractivity contribution in [3.8, 4) is 5.75 Å². The number of anilines is 1. The highest BCUT2D eigenvalue weighted by molar-refractivity contribution is 8.19. The van der Waals surface area contributed by atoms with Gasteiger partial charge in [-0.05, 0) is 30.8 Å². The number of carbonyl (C=O) groups is 2. The fourth-order valence-electron chi connectivity index (χ4n) is 1.86. The summed E-state index contributed by atoms with van der Waals surface area (Å²) in [5.41, 5.74) is 0.636. The zero-order chi connectivity index (χ0) is 16.1. The molecule has 0 bridgehead atoms. The van der Waals surface area contributed by atoms with Crippen molar-refractivity contribution in [2.24, 2.45) is 4.99 Å². The summed E-state index contributed by atoms with van der Waals surface area (Å²) in [7, 11) is 2.83. The minimum absolute atomic E-state index is 0.280. The lowest BCUT2D eigenvalue weighted by Crippen LogP contribution is -2.29. The molecule has 1 fully saturated rings. The van der Waals surface area contributed by atoms with E-state index in [-0.39, 0.29) is 10.8 Å². The summed E-state index contributed by atoms with van der Waals surface area (Å²) in [6, 6.07) is 7.11. The number of nitrogens with zero attached hydrogens (tertiary/aromatic N) is 2. The molecule has 0 spiro atoms. The van der Waals surface area contributed by atoms with Crippen LogP contribution in [0.3, 0.4) is 0 Å². The molecule has 0 N–H and O–H groups in total. The molecule has 7 heteroatoms. The van der Waals surface area contributed by atoms with Gasteiger partial charge in [0.2, 0.25) is 0 Å². The quantitative estimate of drug-likeness (QED) is 0.628. The zero-order valence-corrected chi connectivity index (χ0v) is 13.3. The van der Waals surface area contributed by atoms with E-state index in [0.717, 1.165) is 11.8 Å². The van der Waals surface area contributed by atoms with Crippen LogP contribution < -0.4 is 9.64 Å². The molecule has 116 valence electrons. The molecule has 22 heavy (non-hydrogen) atoms. The average molecular weight is 320 g/mol. The molecule has 0 unspecified atom stereocenters. The molecule has 1 aliphatic rings. The van der Waals surface area contributed by atoms with Crippen molar-refractivity contribution in [2.45, 2.75) is 6.92 Å². The first kappa shape index (κ1) is 16.1. The lowest BCUT2D eigenvalue weighted by Gasteiger charge is -2.16. The lowest BCUT2D eigenvalue weighted by molar-refractivity contribution is -0.135. The van der Waals surface area contributed by atoms with E-state index < -0.39 is 5.97 Å². The molecule has 2 rings (SSSR count). The molecule has 1 aromatic carbocycles. The second-order valence-electron chi connectivity index (χ2n) is 4.23. The molecule has 0 radical (unpaired) electrons. The normalized spacial score (nSPS) is 18.1. The molecule has 1 saturated heterocycles. The number of ether oxygens (including phenoxy) is 2. The predicted molar refractivity (Wildman–Crippen MR) is 86.1 cm³/mol. The van der Waals surface area contributed by atoms with Crippen LogP contribution in [-0.4, -0.2) is 37.8 Å². The third-order valence-electron chi connectivity index (χ3n) is 2.86. The molecular formula is C15H16N2O4S. The van der Waals surface area contributed by atoms with Crippen LogP contribution in [0.2, 0.25) is 0 Å². The first-order chi connectivity index (χ1) is 10.6. The fourth-order valence-corrected chi connectivity index (χ4v) is 2.86. The minimum Gasteiger partial charge on any atom is -0.497 e. The Hall–Kier alpha value is -2.28. The summed E-state index contributed by atoms with van der Waals surface area (Å²) in [5, 5.41) is 0.524. The topological polar surface area (TPSA) is 68.2 Å². The van der Waals surface area contributed by atoms with Crippen molar-refractivity contribution < 1.29 is 19.1 Å². The molecule has 1 heterocycles. The maximum atomic E-state index is 12.5. The van der Waals surface area contributed by atoms with E-state index in [4.69, 9.17) is 4.74 Å². The Morgan fingerprint density at radius 1 is 1.41 bits per heavy atom. The molecule has 0 saturated carbocycles. The van der Waals surface area contributed by atoms with Gasteiger partial charge in [0.15, 0.2) is 5.17 Å². The number of carbonyl (C=O) groups excluding carboxylic acids is 2. The highest BCUT2D eigenvalue weighted by Gasteiger charge is 2.35. The van der Waals surface area contributed by atoms with Gasteiger partial charge in [-0.3, -0.25) is 14.7 Å². The van der Waals surface area contributed by atoms with E-state index in [1.165, 1.54) is 18.1 Å². The average Bonchev–Trinajstić information content (AvgIpc) is 2.83. The number of aliphatic imine (C=N–C) groups is 1. The molecule has 6 nitrogen and oxygen atoms in total.